The smallest absolute Gasteiger partial charge is 0.213 e. The van der Waals surface area contributed by atoms with E-state index in [4.69, 9.17) is 21.7 Å². The van der Waals surface area contributed by atoms with Crippen molar-refractivity contribution >= 4 is 17.3 Å². The van der Waals surface area contributed by atoms with Gasteiger partial charge in [0.1, 0.15) is 11.5 Å². The van der Waals surface area contributed by atoms with Crippen LogP contribution in [0.25, 0.3) is 0 Å². The molecular weight excluding hydrogens is 244 g/mol. The van der Waals surface area contributed by atoms with Gasteiger partial charge in [0.05, 0.1) is 7.11 Å². The van der Waals surface area contributed by atoms with Gasteiger partial charge < -0.3 is 16.2 Å². The highest BCUT2D eigenvalue weighted by atomic mass is 16.5. The van der Waals surface area contributed by atoms with Crippen molar-refractivity contribution in [3.8, 4) is 5.88 Å². The topological polar surface area (TPSA) is 123 Å². The summed E-state index contributed by atoms with van der Waals surface area (Å²) in [7, 11) is 1.56. The second-order valence-corrected chi connectivity index (χ2v) is 3.90. The fourth-order valence-corrected chi connectivity index (χ4v) is 1.67. The highest BCUT2D eigenvalue weighted by Crippen LogP contribution is 2.26. The molecule has 2 rings (SSSR count). The van der Waals surface area contributed by atoms with Crippen molar-refractivity contribution in [3.63, 3.8) is 0 Å². The first-order chi connectivity index (χ1) is 9.13. The van der Waals surface area contributed by atoms with Crippen LogP contribution in [-0.2, 0) is 6.42 Å². The Bertz CT molecular complexity index is 613. The summed E-state index contributed by atoms with van der Waals surface area (Å²) in [5.74, 6) is 0.995. The summed E-state index contributed by atoms with van der Waals surface area (Å²) in [5, 5.41) is 3.31. The molecular formula is C12H14N6O. The summed E-state index contributed by atoms with van der Waals surface area (Å²) >= 11 is 0. The van der Waals surface area contributed by atoms with Crippen LogP contribution in [-0.4, -0.2) is 17.1 Å². The molecule has 0 bridgehead atoms. The Morgan fingerprint density at radius 2 is 2.05 bits per heavy atom. The van der Waals surface area contributed by atoms with Gasteiger partial charge in [0.25, 0.3) is 0 Å². The molecule has 0 radical (unpaired) electrons. The summed E-state index contributed by atoms with van der Waals surface area (Å²) in [6.07, 6.45) is 0.471. The molecule has 0 spiro atoms. The Morgan fingerprint density at radius 3 is 2.74 bits per heavy atom. The number of pyridine rings is 2. The molecule has 0 saturated carbocycles. The van der Waals surface area contributed by atoms with Gasteiger partial charge in [-0.1, -0.05) is 6.07 Å². The minimum atomic E-state index is 0.148. The van der Waals surface area contributed by atoms with Crippen LogP contribution < -0.4 is 16.2 Å². The van der Waals surface area contributed by atoms with Crippen molar-refractivity contribution < 1.29 is 4.74 Å². The van der Waals surface area contributed by atoms with Crippen molar-refractivity contribution in [1.82, 2.24) is 9.97 Å². The number of methoxy groups -OCH3 is 1. The van der Waals surface area contributed by atoms with Crippen LogP contribution in [0.5, 0.6) is 5.88 Å². The zero-order chi connectivity index (χ0) is 13.8. The quantitative estimate of drug-likeness (QED) is 0.722. The molecule has 0 fully saturated rings. The van der Waals surface area contributed by atoms with Gasteiger partial charge in [-0.2, -0.15) is 5.11 Å². The Balaban J connectivity index is 2.34. The van der Waals surface area contributed by atoms with Crippen LogP contribution >= 0.6 is 0 Å². The molecule has 2 heterocycles. The fourth-order valence-electron chi connectivity index (χ4n) is 1.67. The molecule has 0 saturated heterocycles. The third-order valence-corrected chi connectivity index (χ3v) is 2.63. The SMILES string of the molecule is COc1cccc(Cc2cc(N=N)c(N)nc2N)n1. The predicted octanol–water partition coefficient (Wildman–Crippen LogP) is 1.90. The van der Waals surface area contributed by atoms with E-state index in [1.54, 1.807) is 19.2 Å². The third kappa shape index (κ3) is 2.76. The molecule has 2 aromatic heterocycles. The molecule has 0 aromatic carbocycles. The molecule has 5 N–H and O–H groups in total. The number of aromatic nitrogens is 2. The van der Waals surface area contributed by atoms with Gasteiger partial charge in [0, 0.05) is 23.7 Å². The summed E-state index contributed by atoms with van der Waals surface area (Å²) in [6.45, 7) is 0. The molecule has 0 amide bonds. The van der Waals surface area contributed by atoms with E-state index in [0.29, 0.717) is 23.8 Å². The average Bonchev–Trinajstić information content (AvgIpc) is 2.42. The molecule has 0 aliphatic heterocycles. The van der Waals surface area contributed by atoms with E-state index >= 15 is 0 Å². The molecule has 0 unspecified atom stereocenters. The van der Waals surface area contributed by atoms with Gasteiger partial charge in [-0.05, 0) is 12.1 Å². The number of ether oxygens (including phenoxy) is 1. The lowest BCUT2D eigenvalue weighted by molar-refractivity contribution is 0.396. The molecule has 98 valence electrons. The molecule has 2 aromatic rings. The van der Waals surface area contributed by atoms with E-state index in [-0.39, 0.29) is 5.82 Å². The Labute approximate surface area is 110 Å². The molecule has 7 heteroatoms. The second kappa shape index (κ2) is 5.30. The Hall–Kier alpha value is -2.70. The summed E-state index contributed by atoms with van der Waals surface area (Å²) < 4.78 is 5.06. The Kier molecular flexibility index (Phi) is 3.56. The first-order valence-corrected chi connectivity index (χ1v) is 5.56. The van der Waals surface area contributed by atoms with Crippen molar-refractivity contribution in [2.45, 2.75) is 6.42 Å². The molecule has 0 atom stereocenters. The van der Waals surface area contributed by atoms with Crippen LogP contribution in [0.4, 0.5) is 17.3 Å². The van der Waals surface area contributed by atoms with Crippen molar-refractivity contribution in [2.24, 2.45) is 5.11 Å². The number of nitrogens with two attached hydrogens (primary N) is 2. The maximum atomic E-state index is 7.02. The minimum Gasteiger partial charge on any atom is -0.481 e. The molecule has 0 aliphatic rings. The maximum Gasteiger partial charge on any atom is 0.213 e. The predicted molar refractivity (Wildman–Crippen MR) is 71.5 cm³/mol. The van der Waals surface area contributed by atoms with Gasteiger partial charge in [-0.15, -0.1) is 0 Å². The molecule has 7 nitrogen and oxygen atoms in total. The average molecular weight is 258 g/mol. The zero-order valence-corrected chi connectivity index (χ0v) is 10.4. The van der Waals surface area contributed by atoms with E-state index < -0.39 is 0 Å². The summed E-state index contributed by atoms with van der Waals surface area (Å²) in [4.78, 5) is 8.26. The van der Waals surface area contributed by atoms with E-state index in [1.807, 2.05) is 12.1 Å². The van der Waals surface area contributed by atoms with E-state index in [2.05, 4.69) is 15.1 Å². The van der Waals surface area contributed by atoms with Gasteiger partial charge in [0.15, 0.2) is 5.82 Å². The number of nitrogen functional groups attached to an aromatic ring is 2. The zero-order valence-electron chi connectivity index (χ0n) is 10.4. The number of nitrogens with zero attached hydrogens (tertiary/aromatic N) is 3. The highest BCUT2D eigenvalue weighted by Gasteiger charge is 2.09. The lowest BCUT2D eigenvalue weighted by atomic mass is 10.1. The molecule has 0 aliphatic carbocycles. The second-order valence-electron chi connectivity index (χ2n) is 3.90. The number of hydrogen-bond acceptors (Lipinski definition) is 7. The Morgan fingerprint density at radius 1 is 1.26 bits per heavy atom. The van der Waals surface area contributed by atoms with Crippen LogP contribution in [0, 0.1) is 5.53 Å². The van der Waals surface area contributed by atoms with Gasteiger partial charge in [0.2, 0.25) is 5.88 Å². The third-order valence-electron chi connectivity index (χ3n) is 2.63. The van der Waals surface area contributed by atoms with E-state index in [9.17, 15) is 0 Å². The van der Waals surface area contributed by atoms with Crippen molar-refractivity contribution in [2.75, 3.05) is 18.6 Å². The summed E-state index contributed by atoms with van der Waals surface area (Å²) in [5.41, 5.74) is 20.2. The first kappa shape index (κ1) is 12.7. The number of anilines is 2. The van der Waals surface area contributed by atoms with Crippen LogP contribution in [0.1, 0.15) is 11.3 Å². The lowest BCUT2D eigenvalue weighted by Crippen LogP contribution is -2.03. The van der Waals surface area contributed by atoms with Crippen molar-refractivity contribution in [3.05, 3.63) is 35.5 Å². The van der Waals surface area contributed by atoms with E-state index in [1.165, 1.54) is 0 Å². The van der Waals surface area contributed by atoms with Gasteiger partial charge >= 0.3 is 0 Å². The minimum absolute atomic E-state index is 0.148. The normalized spacial score (nSPS) is 10.2. The standard InChI is InChI=1S/C12H14N6O/c1-19-10-4-2-3-8(16-10)5-7-6-9(18-15)12(14)17-11(7)13/h2-4,6,15H,5H2,1H3,(H4,13,14,17). The number of rotatable bonds is 4. The fraction of sp³-hybridized carbons (Fsp3) is 0.167. The number of nitrogens with one attached hydrogen (secondary N) is 1. The summed E-state index contributed by atoms with van der Waals surface area (Å²) in [6, 6.07) is 7.11. The van der Waals surface area contributed by atoms with Crippen LogP contribution in [0.3, 0.4) is 0 Å². The monoisotopic (exact) mass is 258 g/mol. The molecule has 19 heavy (non-hydrogen) atoms. The van der Waals surface area contributed by atoms with Crippen molar-refractivity contribution in [1.29, 1.82) is 5.53 Å². The van der Waals surface area contributed by atoms with E-state index in [0.717, 1.165) is 11.3 Å². The largest absolute Gasteiger partial charge is 0.481 e. The lowest BCUT2D eigenvalue weighted by Gasteiger charge is -2.08. The first-order valence-electron chi connectivity index (χ1n) is 5.56. The highest BCUT2D eigenvalue weighted by molar-refractivity contribution is 5.63. The number of hydrogen-bond donors (Lipinski definition) is 3. The van der Waals surface area contributed by atoms with Gasteiger partial charge in [-0.25, -0.2) is 15.5 Å². The van der Waals surface area contributed by atoms with Gasteiger partial charge in [-0.3, -0.25) is 0 Å². The maximum absolute atomic E-state index is 7.02. The van der Waals surface area contributed by atoms with Crippen LogP contribution in [0.2, 0.25) is 0 Å². The van der Waals surface area contributed by atoms with Crippen LogP contribution in [0.15, 0.2) is 29.4 Å².